The van der Waals surface area contributed by atoms with Crippen LogP contribution in [0.2, 0.25) is 0 Å². The van der Waals surface area contributed by atoms with Crippen molar-refractivity contribution < 1.29 is 4.84 Å². The summed E-state index contributed by atoms with van der Waals surface area (Å²) in [7, 11) is 0. The third-order valence-electron chi connectivity index (χ3n) is 2.31. The van der Waals surface area contributed by atoms with E-state index in [-0.39, 0.29) is 6.04 Å². The lowest BCUT2D eigenvalue weighted by atomic mass is 10.2. The number of hydroxylamine groups is 1. The lowest BCUT2D eigenvalue weighted by molar-refractivity contribution is 0.0131. The Morgan fingerprint density at radius 3 is 2.93 bits per heavy atom. The average molecular weight is 204 g/mol. The van der Waals surface area contributed by atoms with E-state index in [1.807, 2.05) is 18.2 Å². The zero-order valence-electron chi connectivity index (χ0n) is 8.65. The molecule has 1 unspecified atom stereocenters. The van der Waals surface area contributed by atoms with E-state index in [1.165, 1.54) is 5.56 Å². The molecular weight excluding hydrogens is 188 g/mol. The summed E-state index contributed by atoms with van der Waals surface area (Å²) in [6, 6.07) is 10.4. The van der Waals surface area contributed by atoms with Gasteiger partial charge in [-0.2, -0.15) is 5.48 Å². The van der Waals surface area contributed by atoms with Crippen LogP contribution in [-0.4, -0.2) is 19.1 Å². The van der Waals surface area contributed by atoms with Gasteiger partial charge in [0.25, 0.3) is 0 Å². The summed E-state index contributed by atoms with van der Waals surface area (Å²) in [4.78, 5) is 5.42. The van der Waals surface area contributed by atoms with Gasteiger partial charge in [-0.15, -0.1) is 0 Å². The molecule has 3 nitrogen and oxygen atoms in total. The van der Waals surface area contributed by atoms with Gasteiger partial charge in [0.1, 0.15) is 0 Å². The van der Waals surface area contributed by atoms with E-state index in [0.717, 1.165) is 13.1 Å². The lowest BCUT2D eigenvalue weighted by Crippen LogP contribution is -2.39. The molecule has 0 spiro atoms. The molecule has 0 aliphatic carbocycles. The fourth-order valence-corrected chi connectivity index (χ4v) is 1.51. The molecule has 1 aromatic carbocycles. The van der Waals surface area contributed by atoms with Crippen molar-refractivity contribution >= 4 is 0 Å². The van der Waals surface area contributed by atoms with Crippen LogP contribution >= 0.6 is 0 Å². The van der Waals surface area contributed by atoms with Gasteiger partial charge in [0.15, 0.2) is 0 Å². The number of benzene rings is 1. The highest BCUT2D eigenvalue weighted by molar-refractivity contribution is 5.13. The topological polar surface area (TPSA) is 33.3 Å². The summed E-state index contributed by atoms with van der Waals surface area (Å²) in [5, 5.41) is 3.25. The highest BCUT2D eigenvalue weighted by Crippen LogP contribution is 2.00. The van der Waals surface area contributed by atoms with E-state index < -0.39 is 0 Å². The van der Waals surface area contributed by atoms with Crippen molar-refractivity contribution in [3.05, 3.63) is 48.0 Å². The Balaban J connectivity index is 1.70. The first-order chi connectivity index (χ1) is 7.45. The second kappa shape index (κ2) is 5.66. The molecule has 1 aliphatic heterocycles. The maximum Gasteiger partial charge on any atom is 0.0933 e. The smallest absolute Gasteiger partial charge is 0.0933 e. The molecule has 1 aliphatic rings. The molecule has 2 rings (SSSR count). The number of nitrogens with one attached hydrogen (secondary N) is 2. The standard InChI is InChI=1S/C12H16N2O/c1-2-5-11(6-3-1)10-15-14-12-7-4-8-13-9-12/h1-7,12-14H,8-10H2. The maximum absolute atomic E-state index is 5.42. The normalized spacial score (nSPS) is 20.4. The van der Waals surface area contributed by atoms with Crippen molar-refractivity contribution in [1.82, 2.24) is 10.8 Å². The van der Waals surface area contributed by atoms with Crippen LogP contribution in [0.25, 0.3) is 0 Å². The van der Waals surface area contributed by atoms with E-state index in [2.05, 4.69) is 35.1 Å². The van der Waals surface area contributed by atoms with Gasteiger partial charge in [0.05, 0.1) is 12.6 Å². The van der Waals surface area contributed by atoms with Gasteiger partial charge in [0.2, 0.25) is 0 Å². The molecule has 1 atom stereocenters. The Hall–Kier alpha value is -1.16. The Morgan fingerprint density at radius 2 is 2.20 bits per heavy atom. The van der Waals surface area contributed by atoms with Crippen LogP contribution in [0, 0.1) is 0 Å². The Kier molecular flexibility index (Phi) is 3.91. The summed E-state index contributed by atoms with van der Waals surface area (Å²) in [5.74, 6) is 0. The number of hydrogen-bond donors (Lipinski definition) is 2. The zero-order chi connectivity index (χ0) is 10.3. The molecule has 1 heterocycles. The third-order valence-corrected chi connectivity index (χ3v) is 2.31. The van der Waals surface area contributed by atoms with E-state index in [4.69, 9.17) is 4.84 Å². The third kappa shape index (κ3) is 3.47. The molecule has 0 amide bonds. The van der Waals surface area contributed by atoms with Gasteiger partial charge in [-0.05, 0) is 5.56 Å². The molecule has 0 saturated heterocycles. The van der Waals surface area contributed by atoms with Crippen LogP contribution < -0.4 is 10.8 Å². The van der Waals surface area contributed by atoms with Gasteiger partial charge < -0.3 is 5.32 Å². The van der Waals surface area contributed by atoms with E-state index >= 15 is 0 Å². The monoisotopic (exact) mass is 204 g/mol. The first-order valence-electron chi connectivity index (χ1n) is 5.24. The molecule has 0 fully saturated rings. The Bertz CT molecular complexity index is 311. The summed E-state index contributed by atoms with van der Waals surface area (Å²) >= 11 is 0. The number of rotatable bonds is 4. The summed E-state index contributed by atoms with van der Waals surface area (Å²) < 4.78 is 0. The molecule has 2 N–H and O–H groups in total. The first-order valence-corrected chi connectivity index (χ1v) is 5.24. The average Bonchev–Trinajstić information content (AvgIpc) is 2.32. The number of hydrogen-bond acceptors (Lipinski definition) is 3. The molecule has 0 bridgehead atoms. The van der Waals surface area contributed by atoms with Crippen LogP contribution in [0.5, 0.6) is 0 Å². The van der Waals surface area contributed by atoms with Gasteiger partial charge in [-0.1, -0.05) is 42.5 Å². The molecular formula is C12H16N2O. The molecule has 0 aromatic heterocycles. The van der Waals surface area contributed by atoms with Crippen molar-refractivity contribution in [2.24, 2.45) is 0 Å². The van der Waals surface area contributed by atoms with Gasteiger partial charge >= 0.3 is 0 Å². The Labute approximate surface area is 90.1 Å². The van der Waals surface area contributed by atoms with Crippen molar-refractivity contribution in [2.45, 2.75) is 12.6 Å². The van der Waals surface area contributed by atoms with Crippen molar-refractivity contribution in [2.75, 3.05) is 13.1 Å². The summed E-state index contributed by atoms with van der Waals surface area (Å²) in [5.41, 5.74) is 4.20. The minimum atomic E-state index is 0.280. The summed E-state index contributed by atoms with van der Waals surface area (Å²) in [6.45, 7) is 2.48. The molecule has 3 heteroatoms. The predicted molar refractivity (Wildman–Crippen MR) is 60.2 cm³/mol. The first kappa shape index (κ1) is 10.4. The van der Waals surface area contributed by atoms with Crippen LogP contribution in [0.15, 0.2) is 42.5 Å². The fraction of sp³-hybridized carbons (Fsp3) is 0.333. The fourth-order valence-electron chi connectivity index (χ4n) is 1.51. The highest BCUT2D eigenvalue weighted by atomic mass is 16.6. The highest BCUT2D eigenvalue weighted by Gasteiger charge is 2.06. The molecule has 0 radical (unpaired) electrons. The van der Waals surface area contributed by atoms with Crippen molar-refractivity contribution in [3.63, 3.8) is 0 Å². The van der Waals surface area contributed by atoms with Crippen LogP contribution in [0.1, 0.15) is 5.56 Å². The van der Waals surface area contributed by atoms with Gasteiger partial charge in [-0.25, -0.2) is 0 Å². The zero-order valence-corrected chi connectivity index (χ0v) is 8.65. The van der Waals surface area contributed by atoms with Crippen molar-refractivity contribution in [3.8, 4) is 0 Å². The minimum absolute atomic E-state index is 0.280. The quantitative estimate of drug-likeness (QED) is 0.572. The second-order valence-corrected chi connectivity index (χ2v) is 3.59. The molecule has 15 heavy (non-hydrogen) atoms. The Morgan fingerprint density at radius 1 is 1.33 bits per heavy atom. The van der Waals surface area contributed by atoms with E-state index in [1.54, 1.807) is 0 Å². The van der Waals surface area contributed by atoms with Gasteiger partial charge in [-0.3, -0.25) is 4.84 Å². The van der Waals surface area contributed by atoms with Crippen LogP contribution in [0.4, 0.5) is 0 Å². The summed E-state index contributed by atoms with van der Waals surface area (Å²) in [6.07, 6.45) is 4.23. The van der Waals surface area contributed by atoms with Crippen LogP contribution in [0.3, 0.4) is 0 Å². The van der Waals surface area contributed by atoms with Gasteiger partial charge in [0, 0.05) is 13.1 Å². The molecule has 80 valence electrons. The maximum atomic E-state index is 5.42. The predicted octanol–water partition coefficient (Wildman–Crippen LogP) is 1.24. The lowest BCUT2D eigenvalue weighted by Gasteiger charge is -2.18. The van der Waals surface area contributed by atoms with E-state index in [0.29, 0.717) is 6.61 Å². The SMILES string of the molecule is C1=CC(NOCc2ccccc2)CNC1. The second-order valence-electron chi connectivity index (χ2n) is 3.59. The van der Waals surface area contributed by atoms with Crippen LogP contribution in [-0.2, 0) is 11.4 Å². The largest absolute Gasteiger partial charge is 0.311 e. The van der Waals surface area contributed by atoms with E-state index in [9.17, 15) is 0 Å². The molecule has 0 saturated carbocycles. The molecule has 1 aromatic rings. The minimum Gasteiger partial charge on any atom is -0.311 e. The van der Waals surface area contributed by atoms with Crippen molar-refractivity contribution in [1.29, 1.82) is 0 Å².